The Morgan fingerprint density at radius 1 is 0.905 bits per heavy atom. The molecule has 1 heterocycles. The van der Waals surface area contributed by atoms with Crippen LogP contribution in [0.1, 0.15) is 16.8 Å². The van der Waals surface area contributed by atoms with Gasteiger partial charge < -0.3 is 0 Å². The Balaban J connectivity index is 1.98. The molecule has 0 atom stereocenters. The minimum atomic E-state index is 0.634. The van der Waals surface area contributed by atoms with Gasteiger partial charge in [0, 0.05) is 21.0 Å². The van der Waals surface area contributed by atoms with E-state index in [0.29, 0.717) is 10.0 Å². The molecular weight excluding hydrogens is 301 g/mol. The van der Waals surface area contributed by atoms with Gasteiger partial charge in [-0.25, -0.2) is 4.98 Å². The van der Waals surface area contributed by atoms with Crippen molar-refractivity contribution in [3.8, 4) is 0 Å². The van der Waals surface area contributed by atoms with E-state index in [9.17, 15) is 0 Å². The first-order chi connectivity index (χ1) is 10.1. The van der Waals surface area contributed by atoms with Crippen molar-refractivity contribution in [3.05, 3.63) is 75.4 Å². The molecule has 0 unspecified atom stereocenters. The SMILES string of the molecule is Cc1ccc2nc(/C=C/c3c(Cl)cccc3Cl)ccc2c1. The molecule has 21 heavy (non-hydrogen) atoms. The van der Waals surface area contributed by atoms with E-state index >= 15 is 0 Å². The molecule has 0 aliphatic heterocycles. The summed E-state index contributed by atoms with van der Waals surface area (Å²) in [4.78, 5) is 4.62. The summed E-state index contributed by atoms with van der Waals surface area (Å²) in [6.45, 7) is 2.08. The van der Waals surface area contributed by atoms with Crippen molar-refractivity contribution in [2.45, 2.75) is 6.92 Å². The number of rotatable bonds is 2. The van der Waals surface area contributed by atoms with Crippen molar-refractivity contribution in [1.29, 1.82) is 0 Å². The molecule has 0 saturated heterocycles. The lowest BCUT2D eigenvalue weighted by Crippen LogP contribution is -1.84. The zero-order valence-electron chi connectivity index (χ0n) is 11.5. The monoisotopic (exact) mass is 313 g/mol. The zero-order chi connectivity index (χ0) is 14.8. The lowest BCUT2D eigenvalue weighted by atomic mass is 10.1. The van der Waals surface area contributed by atoms with Gasteiger partial charge in [0.15, 0.2) is 0 Å². The molecule has 0 bridgehead atoms. The van der Waals surface area contributed by atoms with Crippen LogP contribution in [0.3, 0.4) is 0 Å². The second-order valence-corrected chi connectivity index (χ2v) is 5.72. The highest BCUT2D eigenvalue weighted by atomic mass is 35.5. The molecule has 0 fully saturated rings. The van der Waals surface area contributed by atoms with Crippen molar-refractivity contribution in [1.82, 2.24) is 4.98 Å². The molecular formula is C18H13Cl2N. The number of nitrogens with zero attached hydrogens (tertiary/aromatic N) is 1. The van der Waals surface area contributed by atoms with Crippen molar-refractivity contribution in [2.24, 2.45) is 0 Å². The molecule has 2 aromatic carbocycles. The van der Waals surface area contributed by atoms with Gasteiger partial charge >= 0.3 is 0 Å². The minimum Gasteiger partial charge on any atom is -0.248 e. The third kappa shape index (κ3) is 3.10. The Hall–Kier alpha value is -1.83. The van der Waals surface area contributed by atoms with E-state index in [4.69, 9.17) is 23.2 Å². The quantitative estimate of drug-likeness (QED) is 0.563. The first-order valence-electron chi connectivity index (χ1n) is 6.63. The number of aromatic nitrogens is 1. The van der Waals surface area contributed by atoms with E-state index in [1.54, 1.807) is 0 Å². The van der Waals surface area contributed by atoms with Crippen LogP contribution in [0.15, 0.2) is 48.5 Å². The highest BCUT2D eigenvalue weighted by molar-refractivity contribution is 6.37. The van der Waals surface area contributed by atoms with E-state index in [1.165, 1.54) is 5.56 Å². The van der Waals surface area contributed by atoms with E-state index in [-0.39, 0.29) is 0 Å². The lowest BCUT2D eigenvalue weighted by Gasteiger charge is -2.02. The van der Waals surface area contributed by atoms with Crippen molar-refractivity contribution >= 4 is 46.3 Å². The molecule has 0 aliphatic carbocycles. The van der Waals surface area contributed by atoms with Crippen molar-refractivity contribution in [2.75, 3.05) is 0 Å². The van der Waals surface area contributed by atoms with Crippen molar-refractivity contribution in [3.63, 3.8) is 0 Å². The largest absolute Gasteiger partial charge is 0.248 e. The van der Waals surface area contributed by atoms with E-state index in [2.05, 4.69) is 30.1 Å². The molecule has 0 saturated carbocycles. The number of hydrogen-bond acceptors (Lipinski definition) is 1. The first kappa shape index (κ1) is 14.1. The summed E-state index contributed by atoms with van der Waals surface area (Å²) in [5.74, 6) is 0. The van der Waals surface area contributed by atoms with Gasteiger partial charge in [-0.15, -0.1) is 0 Å². The maximum atomic E-state index is 6.15. The summed E-state index contributed by atoms with van der Waals surface area (Å²) in [5, 5.41) is 2.41. The van der Waals surface area contributed by atoms with Crippen molar-refractivity contribution < 1.29 is 0 Å². The fourth-order valence-electron chi connectivity index (χ4n) is 2.19. The highest BCUT2D eigenvalue weighted by Crippen LogP contribution is 2.26. The Bertz CT molecular complexity index is 817. The third-order valence-electron chi connectivity index (χ3n) is 3.29. The van der Waals surface area contributed by atoms with Crippen LogP contribution in [-0.4, -0.2) is 4.98 Å². The van der Waals surface area contributed by atoms with Crippen LogP contribution < -0.4 is 0 Å². The summed E-state index contributed by atoms with van der Waals surface area (Å²) in [5.41, 5.74) is 3.90. The van der Waals surface area contributed by atoms with Crippen LogP contribution in [0.4, 0.5) is 0 Å². The highest BCUT2D eigenvalue weighted by Gasteiger charge is 2.02. The fraction of sp³-hybridized carbons (Fsp3) is 0.0556. The van der Waals surface area contributed by atoms with E-state index in [1.807, 2.05) is 42.5 Å². The zero-order valence-corrected chi connectivity index (χ0v) is 13.0. The number of hydrogen-bond donors (Lipinski definition) is 0. The van der Waals surface area contributed by atoms with Gasteiger partial charge in [-0.3, -0.25) is 0 Å². The van der Waals surface area contributed by atoms with Crippen LogP contribution in [0, 0.1) is 6.92 Å². The first-order valence-corrected chi connectivity index (χ1v) is 7.38. The number of benzene rings is 2. The molecule has 3 aromatic rings. The lowest BCUT2D eigenvalue weighted by molar-refractivity contribution is 1.36. The molecule has 3 rings (SSSR count). The molecule has 1 nitrogen and oxygen atoms in total. The second-order valence-electron chi connectivity index (χ2n) is 4.90. The average molecular weight is 314 g/mol. The maximum Gasteiger partial charge on any atom is 0.0709 e. The summed E-state index contributed by atoms with van der Waals surface area (Å²) in [7, 11) is 0. The van der Waals surface area contributed by atoms with E-state index < -0.39 is 0 Å². The van der Waals surface area contributed by atoms with Gasteiger partial charge in [-0.1, -0.05) is 47.0 Å². The predicted octanol–water partition coefficient (Wildman–Crippen LogP) is 6.02. The van der Waals surface area contributed by atoms with Crippen LogP contribution >= 0.6 is 23.2 Å². The maximum absolute atomic E-state index is 6.15. The van der Waals surface area contributed by atoms with Gasteiger partial charge in [0.2, 0.25) is 0 Å². The van der Waals surface area contributed by atoms with Crippen LogP contribution in [-0.2, 0) is 0 Å². The fourth-order valence-corrected chi connectivity index (χ4v) is 2.72. The second kappa shape index (κ2) is 5.88. The predicted molar refractivity (Wildman–Crippen MR) is 91.9 cm³/mol. The normalized spacial score (nSPS) is 11.4. The summed E-state index contributed by atoms with van der Waals surface area (Å²) < 4.78 is 0. The van der Waals surface area contributed by atoms with Gasteiger partial charge in [-0.05, 0) is 49.4 Å². The average Bonchev–Trinajstić information content (AvgIpc) is 2.47. The molecule has 0 spiro atoms. The Morgan fingerprint density at radius 3 is 2.43 bits per heavy atom. The topological polar surface area (TPSA) is 12.9 Å². The number of aryl methyl sites for hydroxylation is 1. The molecule has 104 valence electrons. The Morgan fingerprint density at radius 2 is 1.67 bits per heavy atom. The van der Waals surface area contributed by atoms with Gasteiger partial charge in [-0.2, -0.15) is 0 Å². The van der Waals surface area contributed by atoms with Crippen LogP contribution in [0.5, 0.6) is 0 Å². The molecule has 3 heteroatoms. The smallest absolute Gasteiger partial charge is 0.0709 e. The molecule has 1 aromatic heterocycles. The number of fused-ring (bicyclic) bond motifs is 1. The molecule has 0 N–H and O–H groups in total. The van der Waals surface area contributed by atoms with Crippen LogP contribution in [0.25, 0.3) is 23.1 Å². The van der Waals surface area contributed by atoms with Gasteiger partial charge in [0.25, 0.3) is 0 Å². The summed E-state index contributed by atoms with van der Waals surface area (Å²) in [6, 6.07) is 15.8. The number of pyridine rings is 1. The Kier molecular flexibility index (Phi) is 3.96. The number of halogens is 2. The Labute approximate surface area is 133 Å². The summed E-state index contributed by atoms with van der Waals surface area (Å²) >= 11 is 12.3. The molecule has 0 amide bonds. The minimum absolute atomic E-state index is 0.634. The third-order valence-corrected chi connectivity index (χ3v) is 3.95. The standard InChI is InChI=1S/C18H13Cl2N/c1-12-5-10-18-13(11-12)6-7-14(21-18)8-9-15-16(19)3-2-4-17(15)20/h2-11H,1H3/b9-8+. The molecule has 0 radical (unpaired) electrons. The van der Waals surface area contributed by atoms with Crippen LogP contribution in [0.2, 0.25) is 10.0 Å². The molecule has 0 aliphatic rings. The summed E-state index contributed by atoms with van der Waals surface area (Å²) in [6.07, 6.45) is 3.82. The van der Waals surface area contributed by atoms with E-state index in [0.717, 1.165) is 22.2 Å². The van der Waals surface area contributed by atoms with Gasteiger partial charge in [0.1, 0.15) is 0 Å². The van der Waals surface area contributed by atoms with Gasteiger partial charge in [0.05, 0.1) is 11.2 Å².